The molecule has 0 aromatic carbocycles. The van der Waals surface area contributed by atoms with Crippen LogP contribution in [0.25, 0.3) is 0 Å². The van der Waals surface area contributed by atoms with E-state index in [1.807, 2.05) is 0 Å². The molecule has 0 aromatic heterocycles. The number of hydrogen-bond donors (Lipinski definition) is 0. The predicted octanol–water partition coefficient (Wildman–Crippen LogP) is 1.33. The van der Waals surface area contributed by atoms with E-state index in [2.05, 4.69) is 14.8 Å². The van der Waals surface area contributed by atoms with Crippen molar-refractivity contribution in [2.45, 2.75) is 24.9 Å². The fourth-order valence-corrected chi connectivity index (χ4v) is 5.32. The maximum absolute atomic E-state index is 11.6. The highest BCUT2D eigenvalue weighted by Gasteiger charge is 2.49. The molecule has 0 N–H and O–H groups in total. The van der Waals surface area contributed by atoms with Crippen molar-refractivity contribution in [1.82, 2.24) is 0 Å². The molecule has 6 heteroatoms. The van der Waals surface area contributed by atoms with Gasteiger partial charge in [0.2, 0.25) is 0 Å². The van der Waals surface area contributed by atoms with Crippen molar-refractivity contribution in [3.63, 3.8) is 0 Å². The largest absolute Gasteiger partial charge is 0.377 e. The Morgan fingerprint density at radius 1 is 1.64 bits per heavy atom. The molecule has 4 atom stereocenters. The SMILES string of the molecule is B[C@H]1CC(C)[C@]2(COP(C)(=O)SC2)O1. The average Bonchev–Trinajstić information content (AvgIpc) is 2.35. The van der Waals surface area contributed by atoms with Gasteiger partial charge in [-0.1, -0.05) is 18.3 Å². The third kappa shape index (κ3) is 1.92. The Balaban J connectivity index is 2.09. The molecule has 2 heterocycles. The maximum Gasteiger partial charge on any atom is 0.254 e. The van der Waals surface area contributed by atoms with E-state index in [1.165, 1.54) is 11.4 Å². The molecular formula is C8H16BO3PS. The zero-order valence-corrected chi connectivity index (χ0v) is 10.6. The molecule has 2 aliphatic rings. The highest BCUT2D eigenvalue weighted by atomic mass is 32.7. The van der Waals surface area contributed by atoms with E-state index in [9.17, 15) is 4.57 Å². The smallest absolute Gasteiger partial charge is 0.254 e. The molecule has 0 radical (unpaired) electrons. The zero-order valence-electron chi connectivity index (χ0n) is 8.86. The van der Waals surface area contributed by atoms with Gasteiger partial charge in [-0.3, -0.25) is 4.57 Å². The van der Waals surface area contributed by atoms with Crippen LogP contribution >= 0.6 is 18.0 Å². The van der Waals surface area contributed by atoms with Crippen LogP contribution < -0.4 is 0 Å². The summed E-state index contributed by atoms with van der Waals surface area (Å²) < 4.78 is 23.0. The summed E-state index contributed by atoms with van der Waals surface area (Å²) in [7, 11) is 2.09. The third-order valence-electron chi connectivity index (χ3n) is 3.11. The van der Waals surface area contributed by atoms with Crippen LogP contribution in [0.15, 0.2) is 0 Å². The lowest BCUT2D eigenvalue weighted by atomic mass is 9.87. The maximum atomic E-state index is 11.6. The monoisotopic (exact) mass is 234 g/mol. The minimum absolute atomic E-state index is 0.173. The Labute approximate surface area is 89.9 Å². The highest BCUT2D eigenvalue weighted by molar-refractivity contribution is 8.56. The molecule has 1 spiro atoms. The predicted molar refractivity (Wildman–Crippen MR) is 61.9 cm³/mol. The summed E-state index contributed by atoms with van der Waals surface area (Å²) >= 11 is 1.43. The van der Waals surface area contributed by atoms with E-state index in [0.29, 0.717) is 18.5 Å². The summed E-state index contributed by atoms with van der Waals surface area (Å²) in [6, 6.07) is 0.309. The van der Waals surface area contributed by atoms with Crippen LogP contribution in [0.4, 0.5) is 0 Å². The van der Waals surface area contributed by atoms with E-state index < -0.39 is 6.57 Å². The van der Waals surface area contributed by atoms with Gasteiger partial charge in [-0.15, -0.1) is 0 Å². The van der Waals surface area contributed by atoms with Gasteiger partial charge < -0.3 is 9.26 Å². The molecule has 2 unspecified atom stereocenters. The molecule has 14 heavy (non-hydrogen) atoms. The fourth-order valence-electron chi connectivity index (χ4n) is 2.16. The molecule has 2 aliphatic heterocycles. The summed E-state index contributed by atoms with van der Waals surface area (Å²) in [6.45, 7) is 2.01. The zero-order chi connectivity index (χ0) is 10.4. The summed E-state index contributed by atoms with van der Waals surface area (Å²) in [5.41, 5.74) is -0.173. The van der Waals surface area contributed by atoms with Gasteiger partial charge in [0.15, 0.2) is 0 Å². The van der Waals surface area contributed by atoms with Crippen molar-refractivity contribution < 1.29 is 13.8 Å². The number of ether oxygens (including phenoxy) is 1. The molecule has 2 saturated heterocycles. The van der Waals surface area contributed by atoms with Gasteiger partial charge in [-0.25, -0.2) is 0 Å². The van der Waals surface area contributed by atoms with Gasteiger partial charge in [0.05, 0.1) is 6.61 Å². The van der Waals surface area contributed by atoms with E-state index in [-0.39, 0.29) is 5.60 Å². The highest BCUT2D eigenvalue weighted by Crippen LogP contribution is 2.62. The van der Waals surface area contributed by atoms with E-state index in [0.717, 1.165) is 12.2 Å². The Morgan fingerprint density at radius 2 is 2.36 bits per heavy atom. The van der Waals surface area contributed by atoms with E-state index in [1.54, 1.807) is 6.66 Å². The molecule has 0 amide bonds. The Hall–Kier alpha value is 0.565. The molecule has 0 saturated carbocycles. The van der Waals surface area contributed by atoms with Crippen LogP contribution in [0.1, 0.15) is 13.3 Å². The Morgan fingerprint density at radius 3 is 2.79 bits per heavy atom. The second-order valence-electron chi connectivity index (χ2n) is 4.45. The lowest BCUT2D eigenvalue weighted by molar-refractivity contribution is -0.0442. The molecular weight excluding hydrogens is 218 g/mol. The van der Waals surface area contributed by atoms with Gasteiger partial charge in [0.1, 0.15) is 13.4 Å². The van der Waals surface area contributed by atoms with Crippen LogP contribution in [-0.2, 0) is 13.8 Å². The van der Waals surface area contributed by atoms with Gasteiger partial charge >= 0.3 is 0 Å². The summed E-state index contributed by atoms with van der Waals surface area (Å²) in [5, 5.41) is 0. The summed E-state index contributed by atoms with van der Waals surface area (Å²) in [6.07, 6.45) is 1.08. The second-order valence-corrected chi connectivity index (χ2v) is 9.56. The standard InChI is InChI=1S/C8H16BO3PS/c1-6-3-7(9)12-8(6)4-11-13(2,10)14-5-8/h6-7H,3-5,9H2,1-2H3/t6?,7-,8-,13?/m1/s1. The first-order valence-corrected chi connectivity index (χ1v) is 8.64. The minimum Gasteiger partial charge on any atom is -0.377 e. The molecule has 3 nitrogen and oxygen atoms in total. The normalized spacial score (nSPS) is 53.9. The van der Waals surface area contributed by atoms with Crippen molar-refractivity contribution in [1.29, 1.82) is 0 Å². The van der Waals surface area contributed by atoms with E-state index in [4.69, 9.17) is 9.26 Å². The first kappa shape index (κ1) is 11.1. The lowest BCUT2D eigenvalue weighted by Crippen LogP contribution is -2.44. The van der Waals surface area contributed by atoms with Gasteiger partial charge in [0, 0.05) is 18.4 Å². The Kier molecular flexibility index (Phi) is 2.80. The first-order chi connectivity index (χ1) is 6.44. The fraction of sp³-hybridized carbons (Fsp3) is 1.00. The average molecular weight is 234 g/mol. The molecule has 0 bridgehead atoms. The molecule has 0 aliphatic carbocycles. The van der Waals surface area contributed by atoms with E-state index >= 15 is 0 Å². The molecule has 0 aromatic rings. The molecule has 80 valence electrons. The number of hydrogen-bond acceptors (Lipinski definition) is 4. The van der Waals surface area contributed by atoms with Crippen molar-refractivity contribution in [2.24, 2.45) is 5.92 Å². The lowest BCUT2D eigenvalue weighted by Gasteiger charge is -2.38. The minimum atomic E-state index is -2.37. The summed E-state index contributed by atoms with van der Waals surface area (Å²) in [5.74, 6) is 1.32. The van der Waals surface area contributed by atoms with Crippen molar-refractivity contribution in [3.8, 4) is 0 Å². The van der Waals surface area contributed by atoms with Gasteiger partial charge in [-0.05, 0) is 12.3 Å². The van der Waals surface area contributed by atoms with Crippen LogP contribution in [0, 0.1) is 5.92 Å². The van der Waals surface area contributed by atoms with Crippen LogP contribution in [0.2, 0.25) is 0 Å². The molecule has 2 fully saturated rings. The Bertz CT molecular complexity index is 274. The van der Waals surface area contributed by atoms with Crippen LogP contribution in [-0.4, -0.2) is 38.5 Å². The van der Waals surface area contributed by atoms with Gasteiger partial charge in [0.25, 0.3) is 6.57 Å². The quantitative estimate of drug-likeness (QED) is 0.468. The van der Waals surface area contributed by atoms with Crippen molar-refractivity contribution in [2.75, 3.05) is 19.0 Å². The topological polar surface area (TPSA) is 35.5 Å². The first-order valence-electron chi connectivity index (χ1n) is 4.98. The van der Waals surface area contributed by atoms with Crippen LogP contribution in [0.5, 0.6) is 0 Å². The second kappa shape index (κ2) is 3.55. The van der Waals surface area contributed by atoms with Crippen LogP contribution in [0.3, 0.4) is 0 Å². The third-order valence-corrected chi connectivity index (χ3v) is 6.90. The van der Waals surface area contributed by atoms with Gasteiger partial charge in [-0.2, -0.15) is 0 Å². The van der Waals surface area contributed by atoms with Crippen molar-refractivity contribution >= 4 is 25.8 Å². The molecule has 2 rings (SSSR count). The summed E-state index contributed by atoms with van der Waals surface area (Å²) in [4.78, 5) is 0. The van der Waals surface area contributed by atoms with Crippen molar-refractivity contribution in [3.05, 3.63) is 0 Å². The number of rotatable bonds is 0.